The van der Waals surface area contributed by atoms with Gasteiger partial charge in [-0.2, -0.15) is 0 Å². The van der Waals surface area contributed by atoms with Gasteiger partial charge in [0.25, 0.3) is 0 Å². The van der Waals surface area contributed by atoms with Crippen LogP contribution >= 0.6 is 8.53 Å². The number of anilines is 1. The minimum absolute atomic E-state index is 0.0206. The summed E-state index contributed by atoms with van der Waals surface area (Å²) in [6.45, 7) is 6.91. The Hall–Kier alpha value is -2.89. The highest BCUT2D eigenvalue weighted by atomic mass is 31.2. The molecule has 2 aromatic heterocycles. The number of esters is 1. The van der Waals surface area contributed by atoms with E-state index >= 15 is 0 Å². The van der Waals surface area contributed by atoms with Crippen LogP contribution in [0.1, 0.15) is 33.9 Å². The van der Waals surface area contributed by atoms with Crippen LogP contribution in [-0.2, 0) is 18.8 Å². The first-order chi connectivity index (χ1) is 17.7. The Labute approximate surface area is 215 Å². The summed E-state index contributed by atoms with van der Waals surface area (Å²) in [6.07, 6.45) is -0.198. The number of nitrogens with two attached hydrogens (primary N) is 1. The van der Waals surface area contributed by atoms with E-state index in [4.69, 9.17) is 24.3 Å². The van der Waals surface area contributed by atoms with Gasteiger partial charge in [0.1, 0.15) is 36.3 Å². The molecule has 11 nitrogen and oxygen atoms in total. The molecule has 1 saturated heterocycles. The number of para-hydroxylation sites is 1. The summed E-state index contributed by atoms with van der Waals surface area (Å²) < 4.78 is 39.4. The van der Waals surface area contributed by atoms with Crippen LogP contribution in [0.2, 0.25) is 0 Å². The molecule has 0 saturated carbocycles. The monoisotopic (exact) mass is 535 g/mol. The lowest BCUT2D eigenvalue weighted by atomic mass is 10.0. The van der Waals surface area contributed by atoms with Gasteiger partial charge < -0.3 is 33.9 Å². The predicted octanol–water partition coefficient (Wildman–Crippen LogP) is 3.30. The Kier molecular flexibility index (Phi) is 8.56. The molecule has 4 rings (SSSR count). The Balaban J connectivity index is 1.47. The molecule has 1 fully saturated rings. The number of nitrogen functional groups attached to an aromatic ring is 1. The average molecular weight is 536 g/mol. The second-order valence-electron chi connectivity index (χ2n) is 9.05. The minimum atomic E-state index is -1.83. The van der Waals surface area contributed by atoms with Crippen LogP contribution < -0.4 is 15.3 Å². The molecule has 37 heavy (non-hydrogen) atoms. The van der Waals surface area contributed by atoms with Gasteiger partial charge in [0, 0.05) is 12.1 Å². The van der Waals surface area contributed by atoms with Crippen molar-refractivity contribution in [3.8, 4) is 5.75 Å². The van der Waals surface area contributed by atoms with Gasteiger partial charge in [0.15, 0.2) is 11.5 Å². The van der Waals surface area contributed by atoms with E-state index in [0.717, 1.165) is 0 Å². The first-order valence-electron chi connectivity index (χ1n) is 11.9. The number of hydrogen-bond acceptors (Lipinski definition) is 10. The summed E-state index contributed by atoms with van der Waals surface area (Å²) >= 11 is 0. The number of aromatic nitrogens is 3. The summed E-state index contributed by atoms with van der Waals surface area (Å²) in [7, 11) is -1.83. The summed E-state index contributed by atoms with van der Waals surface area (Å²) in [4.78, 5) is 20.3. The van der Waals surface area contributed by atoms with E-state index in [9.17, 15) is 14.3 Å². The van der Waals surface area contributed by atoms with Crippen LogP contribution in [0.4, 0.5) is 10.2 Å². The molecule has 0 aliphatic carbocycles. The Morgan fingerprint density at radius 3 is 2.73 bits per heavy atom. The van der Waals surface area contributed by atoms with Gasteiger partial charge in [-0.15, -0.1) is 0 Å². The number of nitrogens with one attached hydrogen (secondary N) is 1. The van der Waals surface area contributed by atoms with Gasteiger partial charge in [0.2, 0.25) is 0 Å². The number of rotatable bonds is 10. The van der Waals surface area contributed by atoms with Crippen molar-refractivity contribution in [2.75, 3.05) is 12.3 Å². The normalized spacial score (nSPS) is 23.3. The third kappa shape index (κ3) is 6.16. The highest BCUT2D eigenvalue weighted by molar-refractivity contribution is 7.45. The quantitative estimate of drug-likeness (QED) is 0.261. The molecule has 0 spiro atoms. The number of halogens is 1. The SMILES string of the molecule is CC(C)OC(=O)[C@@H](C)NP(OC[C@H]1O[C@@H](n2cc(F)c3c(N)ncnc32)[C@@H](C)[C@@H]1O)Oc1ccccc1. The number of aliphatic hydroxyl groups excluding tert-OH is 1. The molecule has 0 amide bonds. The lowest BCUT2D eigenvalue weighted by Crippen LogP contribution is -2.36. The van der Waals surface area contributed by atoms with Crippen molar-refractivity contribution in [3.05, 3.63) is 48.7 Å². The second-order valence-corrected chi connectivity index (χ2v) is 10.3. The van der Waals surface area contributed by atoms with Crippen molar-refractivity contribution in [2.45, 2.75) is 58.3 Å². The van der Waals surface area contributed by atoms with Crippen LogP contribution in [0.5, 0.6) is 5.75 Å². The summed E-state index contributed by atoms with van der Waals surface area (Å²) in [5.74, 6) is -0.891. The fraction of sp³-hybridized carbons (Fsp3) is 0.458. The van der Waals surface area contributed by atoms with Crippen LogP contribution in [0, 0.1) is 11.7 Å². The molecule has 1 unspecified atom stereocenters. The molecule has 4 N–H and O–H groups in total. The van der Waals surface area contributed by atoms with Crippen LogP contribution in [0.25, 0.3) is 11.0 Å². The molecule has 1 aromatic carbocycles. The molecule has 0 radical (unpaired) electrons. The van der Waals surface area contributed by atoms with Crippen LogP contribution in [-0.4, -0.2) is 56.6 Å². The molecule has 3 heterocycles. The van der Waals surface area contributed by atoms with Gasteiger partial charge in [-0.1, -0.05) is 25.1 Å². The summed E-state index contributed by atoms with van der Waals surface area (Å²) in [5.41, 5.74) is 6.09. The minimum Gasteiger partial charge on any atom is -0.462 e. The number of aliphatic hydroxyl groups is 1. The number of nitrogens with zero attached hydrogens (tertiary/aromatic N) is 3. The van der Waals surface area contributed by atoms with E-state index < -0.39 is 50.7 Å². The highest BCUT2D eigenvalue weighted by Gasteiger charge is 2.43. The van der Waals surface area contributed by atoms with E-state index in [0.29, 0.717) is 5.75 Å². The molecular formula is C24H31FN5O6P. The van der Waals surface area contributed by atoms with Crippen molar-refractivity contribution < 1.29 is 32.8 Å². The maximum Gasteiger partial charge on any atom is 0.323 e. The van der Waals surface area contributed by atoms with Crippen LogP contribution in [0.3, 0.4) is 0 Å². The maximum absolute atomic E-state index is 14.6. The molecule has 3 aromatic rings. The molecule has 13 heteroatoms. The fourth-order valence-electron chi connectivity index (χ4n) is 3.96. The summed E-state index contributed by atoms with van der Waals surface area (Å²) in [6, 6.07) is 8.28. The number of ether oxygens (including phenoxy) is 2. The number of fused-ring (bicyclic) bond motifs is 1. The number of carbonyl (C=O) groups excluding carboxylic acids is 1. The van der Waals surface area contributed by atoms with Crippen LogP contribution in [0.15, 0.2) is 42.9 Å². The average Bonchev–Trinajstić information content (AvgIpc) is 3.34. The Bertz CT molecular complexity index is 1220. The molecular weight excluding hydrogens is 504 g/mol. The van der Waals surface area contributed by atoms with Gasteiger partial charge in [0.05, 0.1) is 24.2 Å². The van der Waals surface area contributed by atoms with Gasteiger partial charge >= 0.3 is 14.5 Å². The zero-order chi connectivity index (χ0) is 26.7. The van der Waals surface area contributed by atoms with Crippen molar-refractivity contribution in [3.63, 3.8) is 0 Å². The Morgan fingerprint density at radius 2 is 2.03 bits per heavy atom. The van der Waals surface area contributed by atoms with E-state index in [-0.39, 0.29) is 29.6 Å². The highest BCUT2D eigenvalue weighted by Crippen LogP contribution is 2.41. The molecule has 1 aliphatic rings. The smallest absolute Gasteiger partial charge is 0.323 e. The fourth-order valence-corrected chi connectivity index (χ4v) is 5.15. The van der Waals surface area contributed by atoms with E-state index in [1.165, 1.54) is 17.1 Å². The van der Waals surface area contributed by atoms with E-state index in [1.807, 2.05) is 18.2 Å². The van der Waals surface area contributed by atoms with Crippen molar-refractivity contribution in [2.24, 2.45) is 5.92 Å². The van der Waals surface area contributed by atoms with Gasteiger partial charge in [-0.25, -0.2) is 19.4 Å². The first kappa shape index (κ1) is 27.2. The second kappa shape index (κ2) is 11.7. The standard InChI is InChI=1S/C24H31FN5O6P/c1-13(2)34-24(32)15(4)29-37(36-16-8-6-5-7-9-16)33-11-18-20(31)14(3)23(35-18)30-10-17(25)19-21(26)27-12-28-22(19)30/h5-10,12-15,18,20,23,29,31H,11H2,1-4H3,(H2,26,27,28)/t14-,15+,18+,20-,23+,37?/m0/s1. The topological polar surface area (TPSA) is 143 Å². The van der Waals surface area contributed by atoms with Gasteiger partial charge in [-0.3, -0.25) is 4.79 Å². The maximum atomic E-state index is 14.6. The van der Waals surface area contributed by atoms with Gasteiger partial charge in [-0.05, 0) is 32.9 Å². The molecule has 1 aliphatic heterocycles. The first-order valence-corrected chi connectivity index (χ1v) is 13.1. The van der Waals surface area contributed by atoms with E-state index in [1.54, 1.807) is 39.8 Å². The number of hydrogen-bond donors (Lipinski definition) is 3. The largest absolute Gasteiger partial charge is 0.462 e. The molecule has 6 atom stereocenters. The third-order valence-corrected chi connectivity index (χ3v) is 7.20. The Morgan fingerprint density at radius 1 is 1.30 bits per heavy atom. The third-order valence-electron chi connectivity index (χ3n) is 5.84. The molecule has 200 valence electrons. The lowest BCUT2D eigenvalue weighted by molar-refractivity contribution is -0.149. The summed E-state index contributed by atoms with van der Waals surface area (Å²) in [5, 5.41) is 14.0. The number of carbonyl (C=O) groups is 1. The van der Waals surface area contributed by atoms with E-state index in [2.05, 4.69) is 15.1 Å². The molecule has 0 bridgehead atoms. The predicted molar refractivity (Wildman–Crippen MR) is 135 cm³/mol. The van der Waals surface area contributed by atoms with Crippen molar-refractivity contribution in [1.29, 1.82) is 0 Å². The lowest BCUT2D eigenvalue weighted by Gasteiger charge is -2.24. The van der Waals surface area contributed by atoms with Crippen molar-refractivity contribution in [1.82, 2.24) is 19.6 Å². The van der Waals surface area contributed by atoms with Crippen molar-refractivity contribution >= 4 is 31.3 Å². The zero-order valence-electron chi connectivity index (χ0n) is 20.9. The zero-order valence-corrected chi connectivity index (χ0v) is 21.8. The number of benzene rings is 1.